The Kier molecular flexibility index (Phi) is 5.83. The monoisotopic (exact) mass is 364 g/mol. The van der Waals surface area contributed by atoms with Crippen molar-refractivity contribution in [3.63, 3.8) is 0 Å². The van der Waals surface area contributed by atoms with E-state index in [9.17, 15) is 0 Å². The van der Waals surface area contributed by atoms with E-state index in [4.69, 9.17) is 5.73 Å². The maximum Gasteiger partial charge on any atom is 0.189 e. The van der Waals surface area contributed by atoms with Crippen LogP contribution in [0.2, 0.25) is 0 Å². The minimum absolute atomic E-state index is 0. The van der Waals surface area contributed by atoms with Crippen LogP contribution in [-0.2, 0) is 19.5 Å². The van der Waals surface area contributed by atoms with E-state index >= 15 is 0 Å². The highest BCUT2D eigenvalue weighted by Crippen LogP contribution is 2.14. The summed E-state index contributed by atoms with van der Waals surface area (Å²) in [5, 5.41) is 11.4. The zero-order valence-electron chi connectivity index (χ0n) is 10.9. The Balaban J connectivity index is 0.00000162. The predicted octanol–water partition coefficient (Wildman–Crippen LogP) is 1.05. The molecule has 1 aliphatic heterocycles. The van der Waals surface area contributed by atoms with E-state index in [1.807, 2.05) is 13.8 Å². The number of nitrogens with zero attached hydrogens (tertiary/aromatic N) is 4. The molecule has 0 saturated carbocycles. The number of halogens is 1. The fraction of sp³-hybridized carbons (Fsp3) is 0.727. The van der Waals surface area contributed by atoms with Crippen molar-refractivity contribution >= 4 is 29.9 Å². The van der Waals surface area contributed by atoms with Gasteiger partial charge in [0, 0.05) is 19.0 Å². The summed E-state index contributed by atoms with van der Waals surface area (Å²) in [5.74, 6) is 2.46. The molecule has 1 aliphatic rings. The molecule has 102 valence electrons. The fourth-order valence-electron chi connectivity index (χ4n) is 1.98. The van der Waals surface area contributed by atoms with E-state index in [1.54, 1.807) is 0 Å². The van der Waals surface area contributed by atoms with Crippen LogP contribution in [0.15, 0.2) is 4.99 Å². The van der Waals surface area contributed by atoms with E-state index in [1.165, 1.54) is 12.8 Å². The maximum absolute atomic E-state index is 5.75. The number of aryl methyl sites for hydroxylation is 1. The summed E-state index contributed by atoms with van der Waals surface area (Å²) in [6.45, 7) is 5.56. The molecule has 0 fully saturated rings. The van der Waals surface area contributed by atoms with Crippen molar-refractivity contribution in [2.45, 2.75) is 52.2 Å². The second-order valence-corrected chi connectivity index (χ2v) is 4.64. The predicted molar refractivity (Wildman–Crippen MR) is 82.0 cm³/mol. The largest absolute Gasteiger partial charge is 0.370 e. The van der Waals surface area contributed by atoms with Gasteiger partial charge in [-0.2, -0.15) is 0 Å². The number of rotatable bonds is 3. The number of nitrogens with two attached hydrogens (primary N) is 1. The summed E-state index contributed by atoms with van der Waals surface area (Å²) in [5.41, 5.74) is 5.75. The lowest BCUT2D eigenvalue weighted by atomic mass is 10.2. The Morgan fingerprint density at radius 2 is 2.22 bits per heavy atom. The summed E-state index contributed by atoms with van der Waals surface area (Å²) in [4.78, 5) is 4.27. The molecular formula is C11H21IN6. The second kappa shape index (κ2) is 6.91. The standard InChI is InChI=1S/C11H20N6.HI/c1-8(2)14-11(12)13-7-10-16-15-9-5-3-4-6-17(9)10;/h8H,3-7H2,1-2H3,(H3,12,13,14);1H. The molecular weight excluding hydrogens is 343 g/mol. The molecule has 0 unspecified atom stereocenters. The molecule has 6 nitrogen and oxygen atoms in total. The van der Waals surface area contributed by atoms with Crippen LogP contribution in [-0.4, -0.2) is 26.8 Å². The summed E-state index contributed by atoms with van der Waals surface area (Å²) in [7, 11) is 0. The van der Waals surface area contributed by atoms with Crippen molar-refractivity contribution in [2.24, 2.45) is 10.7 Å². The molecule has 18 heavy (non-hydrogen) atoms. The first-order valence-electron chi connectivity index (χ1n) is 6.14. The third kappa shape index (κ3) is 3.82. The molecule has 1 aromatic heterocycles. The summed E-state index contributed by atoms with van der Waals surface area (Å²) in [6, 6.07) is 0.297. The quantitative estimate of drug-likeness (QED) is 0.477. The van der Waals surface area contributed by atoms with Gasteiger partial charge in [0.2, 0.25) is 0 Å². The highest BCUT2D eigenvalue weighted by molar-refractivity contribution is 14.0. The second-order valence-electron chi connectivity index (χ2n) is 4.64. The van der Waals surface area contributed by atoms with Gasteiger partial charge in [-0.1, -0.05) is 0 Å². The zero-order chi connectivity index (χ0) is 12.3. The van der Waals surface area contributed by atoms with E-state index in [0.717, 1.165) is 24.6 Å². The number of hydrogen-bond donors (Lipinski definition) is 2. The summed E-state index contributed by atoms with van der Waals surface area (Å²) >= 11 is 0. The Bertz CT molecular complexity index is 412. The van der Waals surface area contributed by atoms with Gasteiger partial charge in [-0.25, -0.2) is 4.99 Å². The van der Waals surface area contributed by atoms with Crippen molar-refractivity contribution in [1.29, 1.82) is 0 Å². The van der Waals surface area contributed by atoms with Crippen LogP contribution in [0.1, 0.15) is 38.3 Å². The van der Waals surface area contributed by atoms with E-state index in [2.05, 4.69) is 25.1 Å². The van der Waals surface area contributed by atoms with E-state index < -0.39 is 0 Å². The summed E-state index contributed by atoms with van der Waals surface area (Å²) < 4.78 is 2.16. The van der Waals surface area contributed by atoms with Gasteiger partial charge in [0.15, 0.2) is 11.8 Å². The van der Waals surface area contributed by atoms with Crippen molar-refractivity contribution in [3.8, 4) is 0 Å². The Morgan fingerprint density at radius 1 is 1.44 bits per heavy atom. The van der Waals surface area contributed by atoms with Crippen LogP contribution in [0.25, 0.3) is 0 Å². The van der Waals surface area contributed by atoms with E-state index in [-0.39, 0.29) is 24.0 Å². The molecule has 0 amide bonds. The molecule has 0 atom stereocenters. The van der Waals surface area contributed by atoms with Crippen LogP contribution in [0.3, 0.4) is 0 Å². The molecule has 2 heterocycles. The fourth-order valence-corrected chi connectivity index (χ4v) is 1.98. The first kappa shape index (κ1) is 15.2. The van der Waals surface area contributed by atoms with E-state index in [0.29, 0.717) is 18.5 Å². The van der Waals surface area contributed by atoms with Crippen molar-refractivity contribution < 1.29 is 0 Å². The van der Waals surface area contributed by atoms with Crippen LogP contribution in [0.5, 0.6) is 0 Å². The van der Waals surface area contributed by atoms with Crippen LogP contribution < -0.4 is 11.1 Å². The molecule has 2 rings (SSSR count). The molecule has 7 heteroatoms. The normalized spacial score (nSPS) is 15.2. The van der Waals surface area contributed by atoms with Gasteiger partial charge in [0.1, 0.15) is 12.4 Å². The van der Waals surface area contributed by atoms with Gasteiger partial charge < -0.3 is 15.6 Å². The number of nitrogens with one attached hydrogen (secondary N) is 1. The van der Waals surface area contributed by atoms with Crippen molar-refractivity contribution in [2.75, 3.05) is 0 Å². The molecule has 0 saturated heterocycles. The minimum Gasteiger partial charge on any atom is -0.370 e. The molecule has 0 bridgehead atoms. The number of aliphatic imine (C=N–C) groups is 1. The maximum atomic E-state index is 5.75. The highest BCUT2D eigenvalue weighted by atomic mass is 127. The number of guanidine groups is 1. The van der Waals surface area contributed by atoms with Gasteiger partial charge in [-0.05, 0) is 26.7 Å². The van der Waals surface area contributed by atoms with Crippen LogP contribution in [0.4, 0.5) is 0 Å². The third-order valence-corrected chi connectivity index (χ3v) is 2.76. The number of hydrogen-bond acceptors (Lipinski definition) is 3. The van der Waals surface area contributed by atoms with Crippen LogP contribution in [0, 0.1) is 0 Å². The van der Waals surface area contributed by atoms with Gasteiger partial charge in [0.25, 0.3) is 0 Å². The third-order valence-electron chi connectivity index (χ3n) is 2.76. The molecule has 0 aromatic carbocycles. The van der Waals surface area contributed by atoms with Crippen LogP contribution >= 0.6 is 24.0 Å². The zero-order valence-corrected chi connectivity index (χ0v) is 13.2. The molecule has 0 radical (unpaired) electrons. The van der Waals surface area contributed by atoms with Gasteiger partial charge in [-0.15, -0.1) is 34.2 Å². The highest BCUT2D eigenvalue weighted by Gasteiger charge is 2.14. The molecule has 0 aliphatic carbocycles. The SMILES string of the molecule is CC(C)NC(N)=NCc1nnc2n1CCCC2.I. The molecule has 0 spiro atoms. The number of aromatic nitrogens is 3. The average Bonchev–Trinajstić information content (AvgIpc) is 2.69. The minimum atomic E-state index is 0. The Morgan fingerprint density at radius 3 is 2.94 bits per heavy atom. The summed E-state index contributed by atoms with van der Waals surface area (Å²) in [6.07, 6.45) is 3.43. The first-order valence-corrected chi connectivity index (χ1v) is 6.14. The van der Waals surface area contributed by atoms with Gasteiger partial charge in [0.05, 0.1) is 0 Å². The van der Waals surface area contributed by atoms with Gasteiger partial charge in [-0.3, -0.25) is 0 Å². The first-order chi connectivity index (χ1) is 8.16. The topological polar surface area (TPSA) is 81.1 Å². The molecule has 3 N–H and O–H groups in total. The average molecular weight is 364 g/mol. The smallest absolute Gasteiger partial charge is 0.189 e. The lowest BCUT2D eigenvalue weighted by Gasteiger charge is -2.14. The lowest BCUT2D eigenvalue weighted by Crippen LogP contribution is -2.36. The van der Waals surface area contributed by atoms with Gasteiger partial charge >= 0.3 is 0 Å². The van der Waals surface area contributed by atoms with Crippen molar-refractivity contribution in [3.05, 3.63) is 11.6 Å². The lowest BCUT2D eigenvalue weighted by molar-refractivity contribution is 0.508. The van der Waals surface area contributed by atoms with Crippen molar-refractivity contribution in [1.82, 2.24) is 20.1 Å². The molecule has 1 aromatic rings. The Hall–Kier alpha value is -0.860. The Labute approximate surface area is 124 Å². The number of fused-ring (bicyclic) bond motifs is 1.